The first-order valence-electron chi connectivity index (χ1n) is 8.58. The molecule has 11 heteroatoms. The third-order valence-corrected chi connectivity index (χ3v) is 4.50. The average Bonchev–Trinajstić information content (AvgIpc) is 2.68. The zero-order valence-corrected chi connectivity index (χ0v) is 15.5. The van der Waals surface area contributed by atoms with Gasteiger partial charge in [-0.1, -0.05) is 0 Å². The van der Waals surface area contributed by atoms with Gasteiger partial charge in [-0.3, -0.25) is 4.79 Å². The summed E-state index contributed by atoms with van der Waals surface area (Å²) in [4.78, 5) is 20.1. The molecule has 30 heavy (non-hydrogen) atoms. The number of pyridine rings is 1. The van der Waals surface area contributed by atoms with Crippen molar-refractivity contribution in [3.63, 3.8) is 0 Å². The number of ether oxygens (including phenoxy) is 1. The lowest BCUT2D eigenvalue weighted by molar-refractivity contribution is -0.208. The van der Waals surface area contributed by atoms with Crippen LogP contribution in [0, 0.1) is 17.1 Å². The van der Waals surface area contributed by atoms with Crippen LogP contribution in [-0.2, 0) is 10.3 Å². The standard InChI is InChI=1S/C19H15F4N5O2/c1-18(7-15(19(21,22)23)30-17(25)28-18)12-6-11(3-4-13(12)20)27-16(29)14-5-2-10(8-24)9-26-14/h2-6,9,15H,7H2,1H3,(H2,25,28)(H,27,29)/t15?,18-/m0/s1. The van der Waals surface area contributed by atoms with E-state index in [1.165, 1.54) is 37.4 Å². The highest BCUT2D eigenvalue weighted by Gasteiger charge is 2.50. The minimum Gasteiger partial charge on any atom is -0.452 e. The third kappa shape index (κ3) is 4.32. The fraction of sp³-hybridized carbons (Fsp3) is 0.263. The van der Waals surface area contributed by atoms with Crippen LogP contribution in [0.3, 0.4) is 0 Å². The quantitative estimate of drug-likeness (QED) is 0.739. The third-order valence-electron chi connectivity index (χ3n) is 4.50. The number of amides is 1. The number of aliphatic imine (C=N–C) groups is 1. The lowest BCUT2D eigenvalue weighted by atomic mass is 9.85. The molecule has 3 rings (SSSR count). The number of carbonyl (C=O) groups excluding carboxylic acids is 1. The molecular formula is C19H15F4N5O2. The van der Waals surface area contributed by atoms with Crippen molar-refractivity contribution in [2.75, 3.05) is 5.32 Å². The minimum atomic E-state index is -4.72. The lowest BCUT2D eigenvalue weighted by Crippen LogP contribution is -2.46. The van der Waals surface area contributed by atoms with E-state index in [4.69, 9.17) is 11.0 Å². The topological polar surface area (TPSA) is 113 Å². The first-order valence-corrected chi connectivity index (χ1v) is 8.58. The molecule has 156 valence electrons. The van der Waals surface area contributed by atoms with Gasteiger partial charge in [0.15, 0.2) is 6.10 Å². The van der Waals surface area contributed by atoms with Crippen molar-refractivity contribution in [3.05, 3.63) is 59.2 Å². The molecule has 0 aliphatic carbocycles. The molecule has 0 fully saturated rings. The Balaban J connectivity index is 1.90. The van der Waals surface area contributed by atoms with Crippen LogP contribution in [0.2, 0.25) is 0 Å². The fourth-order valence-electron chi connectivity index (χ4n) is 3.02. The maximum atomic E-state index is 14.5. The van der Waals surface area contributed by atoms with Crippen molar-refractivity contribution in [2.45, 2.75) is 31.2 Å². The number of carbonyl (C=O) groups is 1. The molecule has 0 spiro atoms. The summed E-state index contributed by atoms with van der Waals surface area (Å²) in [6, 6.07) is 7.33. The predicted molar refractivity (Wildman–Crippen MR) is 97.8 cm³/mol. The summed E-state index contributed by atoms with van der Waals surface area (Å²) in [5.41, 5.74) is 3.93. The first kappa shape index (κ1) is 21.0. The van der Waals surface area contributed by atoms with Gasteiger partial charge in [0.1, 0.15) is 17.6 Å². The number of amidine groups is 1. The molecule has 1 aromatic heterocycles. The van der Waals surface area contributed by atoms with E-state index in [9.17, 15) is 22.4 Å². The molecule has 2 heterocycles. The van der Waals surface area contributed by atoms with Gasteiger partial charge in [-0.05, 0) is 37.3 Å². The van der Waals surface area contributed by atoms with Crippen LogP contribution in [0.15, 0.2) is 41.5 Å². The Morgan fingerprint density at radius 1 is 1.37 bits per heavy atom. The van der Waals surface area contributed by atoms with Gasteiger partial charge in [0, 0.05) is 23.9 Å². The summed E-state index contributed by atoms with van der Waals surface area (Å²) in [5, 5.41) is 11.3. The second-order valence-electron chi connectivity index (χ2n) is 6.77. The summed E-state index contributed by atoms with van der Waals surface area (Å²) in [5.74, 6) is -1.46. The van der Waals surface area contributed by atoms with Gasteiger partial charge in [0.2, 0.25) is 0 Å². The summed E-state index contributed by atoms with van der Waals surface area (Å²) < 4.78 is 58.5. The highest BCUT2D eigenvalue weighted by Crippen LogP contribution is 2.41. The van der Waals surface area contributed by atoms with Crippen LogP contribution in [0.25, 0.3) is 0 Å². The number of hydrogen-bond donors (Lipinski definition) is 2. The van der Waals surface area contributed by atoms with Crippen molar-refractivity contribution >= 4 is 17.6 Å². The van der Waals surface area contributed by atoms with Crippen LogP contribution in [0.1, 0.15) is 35.0 Å². The molecule has 2 atom stereocenters. The summed E-state index contributed by atoms with van der Waals surface area (Å²) in [7, 11) is 0. The highest BCUT2D eigenvalue weighted by atomic mass is 19.4. The number of nitrogens with two attached hydrogens (primary N) is 1. The van der Waals surface area contributed by atoms with Crippen LogP contribution < -0.4 is 11.1 Å². The van der Waals surface area contributed by atoms with E-state index in [0.717, 1.165) is 6.07 Å². The summed E-state index contributed by atoms with van der Waals surface area (Å²) in [6.07, 6.45) is -6.45. The Labute approximate surface area is 168 Å². The largest absolute Gasteiger partial charge is 0.452 e. The van der Waals surface area contributed by atoms with Gasteiger partial charge in [0.25, 0.3) is 11.9 Å². The van der Waals surface area contributed by atoms with Gasteiger partial charge in [0.05, 0.1) is 11.1 Å². The number of aromatic nitrogens is 1. The first-order chi connectivity index (χ1) is 14.0. The minimum absolute atomic E-state index is 0.00319. The van der Waals surface area contributed by atoms with E-state index < -0.39 is 42.0 Å². The van der Waals surface area contributed by atoms with Gasteiger partial charge in [-0.25, -0.2) is 14.4 Å². The Morgan fingerprint density at radius 3 is 2.70 bits per heavy atom. The molecule has 1 amide bonds. The van der Waals surface area contributed by atoms with Crippen molar-refractivity contribution in [2.24, 2.45) is 10.7 Å². The Hall–Kier alpha value is -3.68. The van der Waals surface area contributed by atoms with Crippen molar-refractivity contribution in [1.82, 2.24) is 4.98 Å². The Morgan fingerprint density at radius 2 is 2.10 bits per heavy atom. The molecule has 7 nitrogen and oxygen atoms in total. The molecular weight excluding hydrogens is 406 g/mol. The number of halogens is 4. The van der Waals surface area contributed by atoms with Gasteiger partial charge in [-0.2, -0.15) is 18.4 Å². The zero-order valence-electron chi connectivity index (χ0n) is 15.5. The van der Waals surface area contributed by atoms with Crippen molar-refractivity contribution in [3.8, 4) is 6.07 Å². The van der Waals surface area contributed by atoms with Gasteiger partial charge >= 0.3 is 6.18 Å². The van der Waals surface area contributed by atoms with Crippen LogP contribution >= 0.6 is 0 Å². The van der Waals surface area contributed by atoms with E-state index >= 15 is 0 Å². The Bertz CT molecular complexity index is 1050. The van der Waals surface area contributed by atoms with Crippen LogP contribution in [-0.4, -0.2) is 29.2 Å². The van der Waals surface area contributed by atoms with E-state index in [0.29, 0.717) is 0 Å². The zero-order chi connectivity index (χ0) is 22.1. The predicted octanol–water partition coefficient (Wildman–Crippen LogP) is 3.23. The summed E-state index contributed by atoms with van der Waals surface area (Å²) in [6.45, 7) is 1.30. The molecule has 1 aliphatic rings. The average molecular weight is 421 g/mol. The number of nitrogens with zero attached hydrogens (tertiary/aromatic N) is 3. The SMILES string of the molecule is C[C@@]1(c2cc(NC(=O)c3ccc(C#N)cn3)ccc2F)CC(C(F)(F)F)OC(N)=N1. The summed E-state index contributed by atoms with van der Waals surface area (Å²) >= 11 is 0. The lowest BCUT2D eigenvalue weighted by Gasteiger charge is -2.36. The van der Waals surface area contributed by atoms with E-state index in [-0.39, 0.29) is 22.5 Å². The molecule has 3 N–H and O–H groups in total. The smallest absolute Gasteiger partial charge is 0.425 e. The number of benzene rings is 1. The molecule has 1 aliphatic heterocycles. The van der Waals surface area contributed by atoms with E-state index in [1.54, 1.807) is 0 Å². The molecule has 0 saturated carbocycles. The van der Waals surface area contributed by atoms with E-state index in [2.05, 4.69) is 20.0 Å². The number of hydrogen-bond acceptors (Lipinski definition) is 6. The highest BCUT2D eigenvalue weighted by molar-refractivity contribution is 6.02. The number of rotatable bonds is 3. The molecule has 1 unspecified atom stereocenters. The molecule has 2 aromatic rings. The van der Waals surface area contributed by atoms with Crippen LogP contribution in [0.4, 0.5) is 23.2 Å². The number of nitrogens with one attached hydrogen (secondary N) is 1. The van der Waals surface area contributed by atoms with Crippen molar-refractivity contribution in [1.29, 1.82) is 5.26 Å². The second-order valence-corrected chi connectivity index (χ2v) is 6.77. The maximum absolute atomic E-state index is 14.5. The normalized spacial score (nSPS) is 21.2. The molecule has 1 aromatic carbocycles. The van der Waals surface area contributed by atoms with Gasteiger partial charge in [-0.15, -0.1) is 0 Å². The van der Waals surface area contributed by atoms with Crippen LogP contribution in [0.5, 0.6) is 0 Å². The monoisotopic (exact) mass is 421 g/mol. The van der Waals surface area contributed by atoms with Crippen molar-refractivity contribution < 1.29 is 27.1 Å². The second kappa shape index (κ2) is 7.62. The van der Waals surface area contributed by atoms with E-state index in [1.807, 2.05) is 6.07 Å². The molecule has 0 radical (unpaired) electrons. The number of anilines is 1. The fourth-order valence-corrected chi connectivity index (χ4v) is 3.02. The van der Waals surface area contributed by atoms with Gasteiger partial charge < -0.3 is 15.8 Å². The number of nitriles is 1. The molecule has 0 saturated heterocycles. The number of alkyl halides is 3. The maximum Gasteiger partial charge on any atom is 0.425 e. The molecule has 0 bridgehead atoms. The Kier molecular flexibility index (Phi) is 5.35.